The summed E-state index contributed by atoms with van der Waals surface area (Å²) in [5, 5.41) is 9.61. The van der Waals surface area contributed by atoms with Crippen molar-refractivity contribution in [1.82, 2.24) is 0 Å². The molecule has 3 rings (SSSR count). The number of hydrogen-bond acceptors (Lipinski definition) is 2. The highest BCUT2D eigenvalue weighted by molar-refractivity contribution is 7.84. The number of rotatable bonds is 4. The normalized spacial score (nSPS) is 16.2. The topological polar surface area (TPSA) is 37.3 Å². The van der Waals surface area contributed by atoms with E-state index in [1.54, 1.807) is 12.3 Å². The van der Waals surface area contributed by atoms with Crippen LogP contribution in [0, 0.1) is 5.82 Å². The molecular weight excluding hydrogens is 335 g/mol. The van der Waals surface area contributed by atoms with Crippen LogP contribution in [0.4, 0.5) is 4.39 Å². The Balaban J connectivity index is 2.10. The Labute approximate surface area is 149 Å². The van der Waals surface area contributed by atoms with Crippen LogP contribution in [0.2, 0.25) is 0 Å². The average molecular weight is 354 g/mol. The number of halogens is 1. The van der Waals surface area contributed by atoms with Gasteiger partial charge < -0.3 is 5.11 Å². The third-order valence-corrected chi connectivity index (χ3v) is 5.29. The smallest absolute Gasteiger partial charge is 0.123 e. The molecular formula is C21H19FO2S. The maximum Gasteiger partial charge on any atom is 0.123 e. The molecule has 0 spiro atoms. The second kappa shape index (κ2) is 6.81. The molecule has 1 aliphatic rings. The van der Waals surface area contributed by atoms with Gasteiger partial charge in [0.2, 0.25) is 0 Å². The highest BCUT2D eigenvalue weighted by Crippen LogP contribution is 2.44. The summed E-state index contributed by atoms with van der Waals surface area (Å²) in [7, 11) is -1.01. The minimum Gasteiger partial charge on any atom is -0.513 e. The van der Waals surface area contributed by atoms with E-state index >= 15 is 0 Å². The fraction of sp³-hybridized carbons (Fsp3) is 0.143. The molecule has 1 N–H and O–H groups in total. The van der Waals surface area contributed by atoms with Crippen LogP contribution in [0.3, 0.4) is 0 Å². The van der Waals surface area contributed by atoms with Gasteiger partial charge >= 0.3 is 0 Å². The molecule has 0 saturated carbocycles. The maximum absolute atomic E-state index is 13.7. The van der Waals surface area contributed by atoms with E-state index in [9.17, 15) is 13.7 Å². The van der Waals surface area contributed by atoms with Gasteiger partial charge in [-0.05, 0) is 70.7 Å². The summed E-state index contributed by atoms with van der Waals surface area (Å²) in [5.74, 6) is -0.246. The van der Waals surface area contributed by atoms with Gasteiger partial charge in [0.1, 0.15) is 5.82 Å². The highest BCUT2D eigenvalue weighted by Gasteiger charge is 2.24. The largest absolute Gasteiger partial charge is 0.513 e. The van der Waals surface area contributed by atoms with Crippen molar-refractivity contribution in [2.75, 3.05) is 6.26 Å². The molecule has 0 amide bonds. The van der Waals surface area contributed by atoms with Gasteiger partial charge in [-0.3, -0.25) is 4.21 Å². The summed E-state index contributed by atoms with van der Waals surface area (Å²) < 4.78 is 25.2. The summed E-state index contributed by atoms with van der Waals surface area (Å²) in [4.78, 5) is 0.778. The monoisotopic (exact) mass is 354 g/mol. The van der Waals surface area contributed by atoms with Crippen LogP contribution in [0.1, 0.15) is 30.0 Å². The van der Waals surface area contributed by atoms with Crippen molar-refractivity contribution in [3.63, 3.8) is 0 Å². The molecule has 25 heavy (non-hydrogen) atoms. The van der Waals surface area contributed by atoms with Crippen molar-refractivity contribution < 1.29 is 13.7 Å². The summed E-state index contributed by atoms with van der Waals surface area (Å²) in [5.41, 5.74) is 5.60. The molecule has 2 aromatic rings. The first-order valence-electron chi connectivity index (χ1n) is 7.89. The lowest BCUT2D eigenvalue weighted by Gasteiger charge is -2.05. The zero-order valence-corrected chi connectivity index (χ0v) is 15.0. The summed E-state index contributed by atoms with van der Waals surface area (Å²) in [6.07, 6.45) is 3.98. The van der Waals surface area contributed by atoms with Gasteiger partial charge in [0.15, 0.2) is 0 Å². The predicted molar refractivity (Wildman–Crippen MR) is 102 cm³/mol. The quantitative estimate of drug-likeness (QED) is 0.751. The fourth-order valence-electron chi connectivity index (χ4n) is 3.11. The van der Waals surface area contributed by atoms with Gasteiger partial charge in [-0.2, -0.15) is 0 Å². The molecule has 0 saturated heterocycles. The van der Waals surface area contributed by atoms with Crippen LogP contribution in [-0.4, -0.2) is 15.6 Å². The van der Waals surface area contributed by atoms with Crippen LogP contribution >= 0.6 is 0 Å². The van der Waals surface area contributed by atoms with Crippen molar-refractivity contribution >= 4 is 28.0 Å². The van der Waals surface area contributed by atoms with E-state index in [-0.39, 0.29) is 11.6 Å². The molecule has 0 aromatic heterocycles. The molecule has 1 atom stereocenters. The molecule has 1 unspecified atom stereocenters. The van der Waals surface area contributed by atoms with Crippen LogP contribution < -0.4 is 0 Å². The Hall–Kier alpha value is -2.46. The molecule has 0 heterocycles. The second-order valence-corrected chi connectivity index (χ2v) is 7.50. The van der Waals surface area contributed by atoms with E-state index in [0.717, 1.165) is 38.3 Å². The first-order chi connectivity index (χ1) is 11.9. The average Bonchev–Trinajstić information content (AvgIpc) is 2.80. The van der Waals surface area contributed by atoms with E-state index in [0.29, 0.717) is 6.42 Å². The van der Waals surface area contributed by atoms with E-state index in [4.69, 9.17) is 0 Å². The van der Waals surface area contributed by atoms with Gasteiger partial charge in [0.25, 0.3) is 0 Å². The molecule has 1 aliphatic carbocycles. The Morgan fingerprint density at radius 3 is 2.48 bits per heavy atom. The molecule has 0 fully saturated rings. The van der Waals surface area contributed by atoms with E-state index in [1.807, 2.05) is 37.3 Å². The van der Waals surface area contributed by atoms with E-state index in [1.165, 1.54) is 12.1 Å². The zero-order valence-electron chi connectivity index (χ0n) is 14.2. The fourth-order valence-corrected chi connectivity index (χ4v) is 3.63. The Morgan fingerprint density at radius 2 is 1.88 bits per heavy atom. The van der Waals surface area contributed by atoms with Crippen LogP contribution in [0.15, 0.2) is 65.3 Å². The molecule has 0 bridgehead atoms. The summed E-state index contributed by atoms with van der Waals surface area (Å²) in [6.45, 7) is 5.53. The standard InChI is InChI=1S/C21H19FO2S/c1-13(23)10-19-14(2)20(18-9-6-16(22)12-21(18)19)11-15-4-7-17(8-5-15)25(3)24/h4-9,11-12,23H,1,10H2,2-3H3/b20-11-. The van der Waals surface area contributed by atoms with E-state index < -0.39 is 10.8 Å². The number of aliphatic hydroxyl groups is 1. The van der Waals surface area contributed by atoms with Crippen LogP contribution in [0.5, 0.6) is 0 Å². The molecule has 0 radical (unpaired) electrons. The predicted octanol–water partition coefficient (Wildman–Crippen LogP) is 5.35. The van der Waals surface area contributed by atoms with Gasteiger partial charge in [-0.25, -0.2) is 4.39 Å². The first kappa shape index (κ1) is 17.4. The summed E-state index contributed by atoms with van der Waals surface area (Å²) >= 11 is 0. The molecule has 2 aromatic carbocycles. The lowest BCUT2D eigenvalue weighted by atomic mass is 10.0. The SMILES string of the molecule is C=C(O)CC1=C(C)/C(=C/c2ccc(S(C)=O)cc2)c2ccc(F)cc21. The van der Waals surface area contributed by atoms with Crippen molar-refractivity contribution in [2.45, 2.75) is 18.2 Å². The van der Waals surface area contributed by atoms with Gasteiger partial charge in [0.05, 0.1) is 5.76 Å². The van der Waals surface area contributed by atoms with Gasteiger partial charge in [-0.1, -0.05) is 24.8 Å². The van der Waals surface area contributed by atoms with Crippen molar-refractivity contribution in [2.24, 2.45) is 0 Å². The molecule has 2 nitrogen and oxygen atoms in total. The van der Waals surface area contributed by atoms with Crippen LogP contribution in [-0.2, 0) is 10.8 Å². The van der Waals surface area contributed by atoms with Crippen molar-refractivity contribution in [1.29, 1.82) is 0 Å². The van der Waals surface area contributed by atoms with E-state index in [2.05, 4.69) is 6.58 Å². The van der Waals surface area contributed by atoms with Crippen LogP contribution in [0.25, 0.3) is 17.2 Å². The minimum absolute atomic E-state index is 0.0561. The number of benzene rings is 2. The number of aliphatic hydroxyl groups excluding tert-OH is 1. The molecule has 0 aliphatic heterocycles. The minimum atomic E-state index is -1.01. The zero-order chi connectivity index (χ0) is 18.1. The van der Waals surface area contributed by atoms with Crippen molar-refractivity contribution in [3.8, 4) is 0 Å². The second-order valence-electron chi connectivity index (χ2n) is 6.12. The van der Waals surface area contributed by atoms with Gasteiger partial charge in [0, 0.05) is 28.4 Å². The maximum atomic E-state index is 13.7. The summed E-state index contributed by atoms with van der Waals surface area (Å²) in [6, 6.07) is 12.2. The number of fused-ring (bicyclic) bond motifs is 1. The van der Waals surface area contributed by atoms with Crippen molar-refractivity contribution in [3.05, 3.63) is 82.9 Å². The highest BCUT2D eigenvalue weighted by atomic mass is 32.2. The Morgan fingerprint density at radius 1 is 1.20 bits per heavy atom. The molecule has 128 valence electrons. The Kier molecular flexibility index (Phi) is 4.73. The number of allylic oxidation sites excluding steroid dienone is 3. The molecule has 4 heteroatoms. The lowest BCUT2D eigenvalue weighted by molar-refractivity contribution is 0.406. The first-order valence-corrected chi connectivity index (χ1v) is 9.45. The lowest BCUT2D eigenvalue weighted by Crippen LogP contribution is -1.89. The van der Waals surface area contributed by atoms with Gasteiger partial charge in [-0.15, -0.1) is 0 Å². The third kappa shape index (κ3) is 3.49. The Bertz CT molecular complexity index is 937. The number of hydrogen-bond donors (Lipinski definition) is 1. The third-order valence-electron chi connectivity index (χ3n) is 4.36.